The van der Waals surface area contributed by atoms with Crippen molar-refractivity contribution < 1.29 is 33.6 Å². The Morgan fingerprint density at radius 2 is 1.75 bits per heavy atom. The number of carbonyl (C=O) groups is 2. The first-order valence-electron chi connectivity index (χ1n) is 8.20. The summed E-state index contributed by atoms with van der Waals surface area (Å²) in [5.74, 6) is 0.0640. The molecule has 0 aliphatic rings. The predicted octanol–water partition coefficient (Wildman–Crippen LogP) is 2.61. The first kappa shape index (κ1) is 20.6. The number of hydrogen-bond acceptors (Lipinski definition) is 7. The molecule has 2 rings (SSSR count). The van der Waals surface area contributed by atoms with E-state index in [4.69, 9.17) is 18.9 Å². The topological polar surface area (TPSA) is 103 Å². The molecule has 8 heteroatoms. The Hall–Kier alpha value is -3.68. The van der Waals surface area contributed by atoms with Gasteiger partial charge in [-0.2, -0.15) is 0 Å². The van der Waals surface area contributed by atoms with E-state index in [-0.39, 0.29) is 11.5 Å². The minimum Gasteiger partial charge on any atom is -0.504 e. The first-order valence-corrected chi connectivity index (χ1v) is 8.20. The lowest BCUT2D eigenvalue weighted by Gasteiger charge is -2.11. The molecular formula is C20H21NO7. The number of hydrogen-bond donors (Lipinski definition) is 2. The van der Waals surface area contributed by atoms with Gasteiger partial charge < -0.3 is 29.4 Å². The molecule has 0 heterocycles. The monoisotopic (exact) mass is 387 g/mol. The minimum atomic E-state index is -0.691. The average molecular weight is 387 g/mol. The van der Waals surface area contributed by atoms with Crippen LogP contribution in [0.25, 0.3) is 6.08 Å². The number of esters is 1. The highest BCUT2D eigenvalue weighted by molar-refractivity contribution is 5.95. The molecule has 0 atom stereocenters. The van der Waals surface area contributed by atoms with Crippen LogP contribution in [0, 0.1) is 0 Å². The number of benzene rings is 2. The molecule has 0 aromatic heterocycles. The Kier molecular flexibility index (Phi) is 7.27. The highest BCUT2D eigenvalue weighted by Gasteiger charge is 2.10. The van der Waals surface area contributed by atoms with E-state index < -0.39 is 18.5 Å². The van der Waals surface area contributed by atoms with Crippen LogP contribution in [-0.2, 0) is 14.3 Å². The fraction of sp³-hybridized carbons (Fsp3) is 0.200. The van der Waals surface area contributed by atoms with Crippen molar-refractivity contribution in [1.29, 1.82) is 0 Å². The van der Waals surface area contributed by atoms with Crippen molar-refractivity contribution >= 4 is 23.6 Å². The molecule has 8 nitrogen and oxygen atoms in total. The van der Waals surface area contributed by atoms with E-state index in [0.717, 1.165) is 0 Å². The summed E-state index contributed by atoms with van der Waals surface area (Å²) >= 11 is 0. The Balaban J connectivity index is 1.89. The van der Waals surface area contributed by atoms with Crippen molar-refractivity contribution in [3.63, 3.8) is 0 Å². The number of nitrogens with one attached hydrogen (secondary N) is 1. The Bertz CT molecular complexity index is 877. The number of rotatable bonds is 8. The smallest absolute Gasteiger partial charge is 0.331 e. The molecule has 1 amide bonds. The second-order valence-electron chi connectivity index (χ2n) is 5.49. The summed E-state index contributed by atoms with van der Waals surface area (Å²) in [5, 5.41) is 12.1. The molecule has 0 fully saturated rings. The highest BCUT2D eigenvalue weighted by Crippen LogP contribution is 2.29. The van der Waals surface area contributed by atoms with E-state index in [1.54, 1.807) is 30.3 Å². The van der Waals surface area contributed by atoms with Crippen LogP contribution in [0.4, 0.5) is 5.69 Å². The second kappa shape index (κ2) is 9.86. The molecule has 0 saturated heterocycles. The van der Waals surface area contributed by atoms with Crippen LogP contribution in [0.5, 0.6) is 23.0 Å². The van der Waals surface area contributed by atoms with Crippen molar-refractivity contribution in [2.24, 2.45) is 0 Å². The van der Waals surface area contributed by atoms with Crippen LogP contribution in [0.2, 0.25) is 0 Å². The molecular weight excluding hydrogens is 366 g/mol. The fourth-order valence-corrected chi connectivity index (χ4v) is 2.24. The molecule has 0 aliphatic carbocycles. The zero-order valence-corrected chi connectivity index (χ0v) is 15.7. The van der Waals surface area contributed by atoms with Gasteiger partial charge in [0.25, 0.3) is 5.91 Å². The summed E-state index contributed by atoms with van der Waals surface area (Å²) < 4.78 is 20.2. The van der Waals surface area contributed by atoms with Crippen molar-refractivity contribution in [2.45, 2.75) is 0 Å². The quantitative estimate of drug-likeness (QED) is 0.530. The van der Waals surface area contributed by atoms with Crippen LogP contribution in [-0.4, -0.2) is 44.9 Å². The standard InChI is InChI=1S/C20H21NO7/c1-25-14-6-7-15(17(11-14)26-2)21-19(23)12-28-20(24)9-5-13-4-8-16(22)18(10-13)27-3/h4-11,22H,12H2,1-3H3,(H,21,23). The van der Waals surface area contributed by atoms with Gasteiger partial charge in [0.2, 0.25) is 0 Å². The van der Waals surface area contributed by atoms with Crippen LogP contribution in [0.15, 0.2) is 42.5 Å². The molecule has 0 spiro atoms. The van der Waals surface area contributed by atoms with Gasteiger partial charge in [0.05, 0.1) is 27.0 Å². The summed E-state index contributed by atoms with van der Waals surface area (Å²) in [6.45, 7) is -0.461. The van der Waals surface area contributed by atoms with Gasteiger partial charge in [-0.05, 0) is 35.9 Å². The number of ether oxygens (including phenoxy) is 4. The molecule has 148 valence electrons. The molecule has 0 bridgehead atoms. The maximum absolute atomic E-state index is 12.0. The third-order valence-electron chi connectivity index (χ3n) is 3.64. The van der Waals surface area contributed by atoms with Gasteiger partial charge in [-0.1, -0.05) is 6.07 Å². The SMILES string of the molecule is COc1ccc(NC(=O)COC(=O)C=Cc2ccc(O)c(OC)c2)c(OC)c1. The number of amides is 1. The molecule has 0 unspecified atom stereocenters. The first-order chi connectivity index (χ1) is 13.5. The average Bonchev–Trinajstić information content (AvgIpc) is 2.71. The van der Waals surface area contributed by atoms with Gasteiger partial charge in [-0.3, -0.25) is 4.79 Å². The molecule has 0 radical (unpaired) electrons. The normalized spacial score (nSPS) is 10.4. The van der Waals surface area contributed by atoms with E-state index in [2.05, 4.69) is 5.32 Å². The van der Waals surface area contributed by atoms with Crippen LogP contribution < -0.4 is 19.5 Å². The summed E-state index contributed by atoms with van der Waals surface area (Å²) in [5.41, 5.74) is 1.05. The minimum absolute atomic E-state index is 0.00661. The summed E-state index contributed by atoms with van der Waals surface area (Å²) in [4.78, 5) is 23.8. The third kappa shape index (κ3) is 5.66. The van der Waals surface area contributed by atoms with E-state index in [1.165, 1.54) is 39.5 Å². The second-order valence-corrected chi connectivity index (χ2v) is 5.49. The number of aromatic hydroxyl groups is 1. The lowest BCUT2D eigenvalue weighted by Crippen LogP contribution is -2.20. The van der Waals surface area contributed by atoms with E-state index in [0.29, 0.717) is 22.7 Å². The van der Waals surface area contributed by atoms with E-state index in [1.807, 2.05) is 0 Å². The molecule has 2 N–H and O–H groups in total. The van der Waals surface area contributed by atoms with E-state index in [9.17, 15) is 14.7 Å². The number of anilines is 1. The molecule has 28 heavy (non-hydrogen) atoms. The fourth-order valence-electron chi connectivity index (χ4n) is 2.24. The zero-order chi connectivity index (χ0) is 20.5. The summed E-state index contributed by atoms with van der Waals surface area (Å²) in [6, 6.07) is 9.51. The maximum atomic E-state index is 12.0. The van der Waals surface area contributed by atoms with Gasteiger partial charge >= 0.3 is 5.97 Å². The Morgan fingerprint density at radius 1 is 1.00 bits per heavy atom. The van der Waals surface area contributed by atoms with Crippen LogP contribution in [0.3, 0.4) is 0 Å². The summed E-state index contributed by atoms with van der Waals surface area (Å²) in [7, 11) is 4.41. The molecule has 0 saturated carbocycles. The Morgan fingerprint density at radius 3 is 2.43 bits per heavy atom. The van der Waals surface area contributed by atoms with Crippen molar-refractivity contribution in [2.75, 3.05) is 33.3 Å². The summed E-state index contributed by atoms with van der Waals surface area (Å²) in [6.07, 6.45) is 2.65. The predicted molar refractivity (Wildman–Crippen MR) is 103 cm³/mol. The van der Waals surface area contributed by atoms with Gasteiger partial charge in [0.1, 0.15) is 11.5 Å². The van der Waals surface area contributed by atoms with E-state index >= 15 is 0 Å². The van der Waals surface area contributed by atoms with Crippen molar-refractivity contribution in [3.05, 3.63) is 48.0 Å². The number of carbonyl (C=O) groups excluding carboxylic acids is 2. The largest absolute Gasteiger partial charge is 0.504 e. The highest BCUT2D eigenvalue weighted by atomic mass is 16.5. The number of methoxy groups -OCH3 is 3. The van der Waals surface area contributed by atoms with Crippen LogP contribution in [0.1, 0.15) is 5.56 Å². The Labute approximate surface area is 162 Å². The van der Waals surface area contributed by atoms with Gasteiger partial charge in [-0.15, -0.1) is 0 Å². The number of phenolic OH excluding ortho intramolecular Hbond substituents is 1. The molecule has 0 aliphatic heterocycles. The van der Waals surface area contributed by atoms with Crippen molar-refractivity contribution in [3.8, 4) is 23.0 Å². The number of phenols is 1. The lowest BCUT2D eigenvalue weighted by atomic mass is 10.2. The van der Waals surface area contributed by atoms with Crippen molar-refractivity contribution in [1.82, 2.24) is 0 Å². The van der Waals surface area contributed by atoms with Crippen LogP contribution >= 0.6 is 0 Å². The van der Waals surface area contributed by atoms with Gasteiger partial charge in [0, 0.05) is 12.1 Å². The van der Waals surface area contributed by atoms with Gasteiger partial charge in [-0.25, -0.2) is 4.79 Å². The lowest BCUT2D eigenvalue weighted by molar-refractivity contribution is -0.142. The molecule has 2 aromatic rings. The maximum Gasteiger partial charge on any atom is 0.331 e. The van der Waals surface area contributed by atoms with Gasteiger partial charge in [0.15, 0.2) is 18.1 Å². The third-order valence-corrected chi connectivity index (χ3v) is 3.64. The molecule has 2 aromatic carbocycles. The zero-order valence-electron chi connectivity index (χ0n) is 15.7.